The molecule has 0 bridgehead atoms. The Labute approximate surface area is 123 Å². The molecule has 8 heteroatoms. The predicted molar refractivity (Wildman–Crippen MR) is 74.5 cm³/mol. The number of carbonyl (C=O) groups excluding carboxylic acids is 1. The second-order valence-electron chi connectivity index (χ2n) is 4.38. The van der Waals surface area contributed by atoms with Crippen LogP contribution in [0.1, 0.15) is 6.42 Å². The fourth-order valence-electron chi connectivity index (χ4n) is 2.10. The van der Waals surface area contributed by atoms with E-state index in [0.717, 1.165) is 0 Å². The smallest absolute Gasteiger partial charge is 0.302 e. The summed E-state index contributed by atoms with van der Waals surface area (Å²) in [5.41, 5.74) is 0.393. The van der Waals surface area contributed by atoms with Crippen molar-refractivity contribution in [1.29, 1.82) is 0 Å². The molecule has 0 N–H and O–H groups in total. The van der Waals surface area contributed by atoms with Crippen LogP contribution in [0, 0.1) is 15.3 Å². The number of halogens is 3. The van der Waals surface area contributed by atoms with E-state index in [1.165, 1.54) is 23.1 Å². The van der Waals surface area contributed by atoms with Gasteiger partial charge in [0.15, 0.2) is 0 Å². The Kier molecular flexibility index (Phi) is 4.09. The lowest BCUT2D eigenvalue weighted by molar-refractivity contribution is -0.117. The number of rotatable bonds is 3. The Bertz CT molecular complexity index is 620. The van der Waals surface area contributed by atoms with Crippen molar-refractivity contribution in [1.82, 2.24) is 0 Å². The monoisotopic (exact) mass is 401 g/mol. The van der Waals surface area contributed by atoms with Crippen LogP contribution in [-0.4, -0.2) is 26.6 Å². The standard InChI is InChI=1S/C11H10F2INO3S/c12-8-1-2-9(14)10(4-8)15-5-7(3-11(15)16)6-19(13,17)18/h1-2,4,7H,3,5-6H2. The summed E-state index contributed by atoms with van der Waals surface area (Å²) < 4.78 is 47.7. The second kappa shape index (κ2) is 5.31. The maximum absolute atomic E-state index is 13.2. The van der Waals surface area contributed by atoms with Gasteiger partial charge in [-0.3, -0.25) is 4.79 Å². The molecule has 1 saturated heterocycles. The van der Waals surface area contributed by atoms with E-state index < -0.39 is 27.7 Å². The van der Waals surface area contributed by atoms with Gasteiger partial charge in [0.2, 0.25) is 5.91 Å². The number of benzene rings is 1. The van der Waals surface area contributed by atoms with Gasteiger partial charge in [-0.2, -0.15) is 8.42 Å². The van der Waals surface area contributed by atoms with Gasteiger partial charge in [0.25, 0.3) is 0 Å². The Balaban J connectivity index is 2.23. The Morgan fingerprint density at radius 3 is 2.74 bits per heavy atom. The Morgan fingerprint density at radius 2 is 2.11 bits per heavy atom. The van der Waals surface area contributed by atoms with Gasteiger partial charge >= 0.3 is 10.2 Å². The van der Waals surface area contributed by atoms with E-state index in [4.69, 9.17) is 0 Å². The third kappa shape index (κ3) is 3.62. The summed E-state index contributed by atoms with van der Waals surface area (Å²) in [4.78, 5) is 13.1. The van der Waals surface area contributed by atoms with Crippen molar-refractivity contribution < 1.29 is 21.5 Å². The topological polar surface area (TPSA) is 54.5 Å². The fourth-order valence-corrected chi connectivity index (χ4v) is 3.51. The molecule has 19 heavy (non-hydrogen) atoms. The van der Waals surface area contributed by atoms with Gasteiger partial charge in [0.1, 0.15) is 5.82 Å². The second-order valence-corrected chi connectivity index (χ2v) is 6.95. The number of amides is 1. The highest BCUT2D eigenvalue weighted by molar-refractivity contribution is 14.1. The molecule has 0 saturated carbocycles. The molecule has 0 aromatic heterocycles. The van der Waals surface area contributed by atoms with Crippen molar-refractivity contribution in [2.75, 3.05) is 17.2 Å². The molecule has 1 fully saturated rings. The molecule has 0 spiro atoms. The van der Waals surface area contributed by atoms with E-state index >= 15 is 0 Å². The van der Waals surface area contributed by atoms with Gasteiger partial charge in [-0.25, -0.2) is 4.39 Å². The van der Waals surface area contributed by atoms with Crippen LogP contribution in [0.25, 0.3) is 0 Å². The molecule has 0 aliphatic carbocycles. The van der Waals surface area contributed by atoms with E-state index in [1.807, 2.05) is 22.6 Å². The molecular formula is C11H10F2INO3S. The maximum atomic E-state index is 13.2. The van der Waals surface area contributed by atoms with Crippen molar-refractivity contribution in [3.8, 4) is 0 Å². The van der Waals surface area contributed by atoms with Crippen molar-refractivity contribution in [3.05, 3.63) is 27.6 Å². The third-order valence-electron chi connectivity index (χ3n) is 2.84. The van der Waals surface area contributed by atoms with Gasteiger partial charge in [-0.05, 0) is 40.8 Å². The molecule has 1 amide bonds. The summed E-state index contributed by atoms with van der Waals surface area (Å²) in [6.07, 6.45) is -0.0459. The molecular weight excluding hydrogens is 391 g/mol. The minimum Gasteiger partial charge on any atom is -0.311 e. The molecule has 2 rings (SSSR count). The fraction of sp³-hybridized carbons (Fsp3) is 0.364. The van der Waals surface area contributed by atoms with Crippen molar-refractivity contribution in [2.24, 2.45) is 5.92 Å². The lowest BCUT2D eigenvalue weighted by atomic mass is 10.1. The van der Waals surface area contributed by atoms with Crippen LogP contribution >= 0.6 is 22.6 Å². The SMILES string of the molecule is O=C1CC(CS(=O)(=O)F)CN1c1cc(F)ccc1I. The van der Waals surface area contributed by atoms with Crippen molar-refractivity contribution in [2.45, 2.75) is 6.42 Å². The Morgan fingerprint density at radius 1 is 1.42 bits per heavy atom. The Hall–Kier alpha value is -0.770. The molecule has 1 heterocycles. The van der Waals surface area contributed by atoms with Crippen molar-refractivity contribution >= 4 is 44.4 Å². The summed E-state index contributed by atoms with van der Waals surface area (Å²) in [6.45, 7) is 0.0848. The van der Waals surface area contributed by atoms with Gasteiger partial charge < -0.3 is 4.90 Å². The first-order valence-corrected chi connectivity index (χ1v) is 8.07. The zero-order valence-electron chi connectivity index (χ0n) is 9.64. The van der Waals surface area contributed by atoms with E-state index in [1.54, 1.807) is 0 Å². The summed E-state index contributed by atoms with van der Waals surface area (Å²) >= 11 is 1.96. The number of hydrogen-bond acceptors (Lipinski definition) is 3. The average Bonchev–Trinajstić information content (AvgIpc) is 2.60. The lowest BCUT2D eigenvalue weighted by Crippen LogP contribution is -2.26. The van der Waals surface area contributed by atoms with E-state index in [-0.39, 0.29) is 18.9 Å². The molecule has 104 valence electrons. The number of nitrogens with zero attached hydrogens (tertiary/aromatic N) is 1. The zero-order valence-corrected chi connectivity index (χ0v) is 12.6. The van der Waals surface area contributed by atoms with Crippen LogP contribution in [0.15, 0.2) is 18.2 Å². The highest BCUT2D eigenvalue weighted by Gasteiger charge is 2.34. The molecule has 1 aromatic carbocycles. The van der Waals surface area contributed by atoms with Gasteiger partial charge in [-0.1, -0.05) is 0 Å². The molecule has 4 nitrogen and oxygen atoms in total. The van der Waals surface area contributed by atoms with Crippen LogP contribution in [0.3, 0.4) is 0 Å². The van der Waals surface area contributed by atoms with Gasteiger partial charge in [0.05, 0.1) is 11.4 Å². The first-order valence-electron chi connectivity index (χ1n) is 5.44. The molecule has 1 aliphatic rings. The molecule has 1 unspecified atom stereocenters. The van der Waals surface area contributed by atoms with Gasteiger partial charge in [0, 0.05) is 22.5 Å². The van der Waals surface area contributed by atoms with Crippen LogP contribution < -0.4 is 4.90 Å². The van der Waals surface area contributed by atoms with Crippen molar-refractivity contribution in [3.63, 3.8) is 0 Å². The minimum absolute atomic E-state index is 0.0459. The number of anilines is 1. The third-order valence-corrected chi connectivity index (χ3v) is 4.62. The van der Waals surface area contributed by atoms with Crippen LogP contribution in [-0.2, 0) is 15.0 Å². The van der Waals surface area contributed by atoms with Crippen LogP contribution in [0.2, 0.25) is 0 Å². The summed E-state index contributed by atoms with van der Waals surface area (Å²) in [5.74, 6) is -2.08. The maximum Gasteiger partial charge on any atom is 0.302 e. The normalized spacial score (nSPS) is 20.1. The average molecular weight is 401 g/mol. The molecule has 1 aromatic rings. The molecule has 1 aliphatic heterocycles. The van der Waals surface area contributed by atoms with Gasteiger partial charge in [-0.15, -0.1) is 3.89 Å². The zero-order chi connectivity index (χ0) is 14.2. The molecule has 0 radical (unpaired) electrons. The minimum atomic E-state index is -4.61. The molecule has 1 atom stereocenters. The van der Waals surface area contributed by atoms with Crippen LogP contribution in [0.5, 0.6) is 0 Å². The highest BCUT2D eigenvalue weighted by atomic mass is 127. The summed E-state index contributed by atoms with van der Waals surface area (Å²) in [6, 6.07) is 4.01. The number of hydrogen-bond donors (Lipinski definition) is 0. The number of carbonyl (C=O) groups is 1. The summed E-state index contributed by atoms with van der Waals surface area (Å²) in [5, 5.41) is 0. The largest absolute Gasteiger partial charge is 0.311 e. The highest BCUT2D eigenvalue weighted by Crippen LogP contribution is 2.30. The van der Waals surface area contributed by atoms with E-state index in [2.05, 4.69) is 0 Å². The van der Waals surface area contributed by atoms with Crippen LogP contribution in [0.4, 0.5) is 14.0 Å². The quantitative estimate of drug-likeness (QED) is 0.576. The predicted octanol–water partition coefficient (Wildman–Crippen LogP) is 2.08. The lowest BCUT2D eigenvalue weighted by Gasteiger charge is -2.18. The first-order chi connectivity index (χ1) is 8.76. The first kappa shape index (κ1) is 14.6. The van der Waals surface area contributed by atoms with E-state index in [0.29, 0.717) is 9.26 Å². The van der Waals surface area contributed by atoms with E-state index in [9.17, 15) is 21.5 Å². The summed E-state index contributed by atoms with van der Waals surface area (Å²) in [7, 11) is -4.61.